The highest BCUT2D eigenvalue weighted by Crippen LogP contribution is 2.20. The van der Waals surface area contributed by atoms with Crippen LogP contribution in [-0.4, -0.2) is 30.1 Å². The second kappa shape index (κ2) is 7.64. The number of anilines is 1. The smallest absolute Gasteiger partial charge is 0.335 e. The number of rotatable bonds is 6. The molecule has 0 aliphatic rings. The van der Waals surface area contributed by atoms with Gasteiger partial charge >= 0.3 is 5.97 Å². The normalized spacial score (nSPS) is 10.5. The van der Waals surface area contributed by atoms with Crippen LogP contribution in [0, 0.1) is 0 Å². The molecular formula is C19H21NO4. The number of nitrogens with zero attached hydrogens (tertiary/aromatic N) is 1. The van der Waals surface area contributed by atoms with Crippen molar-refractivity contribution in [3.05, 3.63) is 59.7 Å². The minimum absolute atomic E-state index is 0.0735. The zero-order valence-electron chi connectivity index (χ0n) is 14.0. The Morgan fingerprint density at radius 2 is 1.62 bits per heavy atom. The molecule has 5 heteroatoms. The molecule has 0 aromatic heterocycles. The zero-order chi connectivity index (χ0) is 17.7. The molecule has 0 saturated carbocycles. The summed E-state index contributed by atoms with van der Waals surface area (Å²) in [6, 6.07) is 13.7. The van der Waals surface area contributed by atoms with Gasteiger partial charge in [-0.3, -0.25) is 4.79 Å². The largest absolute Gasteiger partial charge is 0.491 e. The number of hydrogen-bond donors (Lipinski definition) is 1. The van der Waals surface area contributed by atoms with Gasteiger partial charge in [0.15, 0.2) is 0 Å². The Bertz CT molecular complexity index is 705. The van der Waals surface area contributed by atoms with Crippen LogP contribution in [0.5, 0.6) is 5.75 Å². The van der Waals surface area contributed by atoms with Crippen LogP contribution in [0.3, 0.4) is 0 Å². The summed E-state index contributed by atoms with van der Waals surface area (Å²) >= 11 is 0. The summed E-state index contributed by atoms with van der Waals surface area (Å²) in [4.78, 5) is 24.8. The summed E-state index contributed by atoms with van der Waals surface area (Å²) in [6.07, 6.45) is 0.310. The summed E-state index contributed by atoms with van der Waals surface area (Å²) in [7, 11) is 1.71. The number of aromatic carboxylic acids is 1. The predicted octanol–water partition coefficient (Wildman–Crippen LogP) is 3.38. The molecule has 0 saturated heterocycles. The predicted molar refractivity (Wildman–Crippen MR) is 92.7 cm³/mol. The highest BCUT2D eigenvalue weighted by Gasteiger charge is 2.12. The van der Waals surface area contributed by atoms with E-state index in [2.05, 4.69) is 0 Å². The third-order valence-electron chi connectivity index (χ3n) is 3.53. The Morgan fingerprint density at radius 3 is 2.12 bits per heavy atom. The van der Waals surface area contributed by atoms with E-state index in [9.17, 15) is 9.59 Å². The number of carbonyl (C=O) groups excluding carboxylic acids is 1. The molecule has 24 heavy (non-hydrogen) atoms. The monoisotopic (exact) mass is 327 g/mol. The molecule has 1 amide bonds. The van der Waals surface area contributed by atoms with Crippen LogP contribution in [-0.2, 0) is 11.2 Å². The highest BCUT2D eigenvalue weighted by molar-refractivity contribution is 5.94. The number of carboxylic acid groups (broad SMARTS) is 1. The molecule has 0 heterocycles. The van der Waals surface area contributed by atoms with Gasteiger partial charge in [-0.15, -0.1) is 0 Å². The van der Waals surface area contributed by atoms with Crippen LogP contribution >= 0.6 is 0 Å². The molecule has 5 nitrogen and oxygen atoms in total. The Labute approximate surface area is 141 Å². The van der Waals surface area contributed by atoms with Crippen molar-refractivity contribution in [2.24, 2.45) is 0 Å². The second-order valence-electron chi connectivity index (χ2n) is 5.79. The summed E-state index contributed by atoms with van der Waals surface area (Å²) in [5.74, 6) is -0.289. The molecule has 2 aromatic rings. The van der Waals surface area contributed by atoms with E-state index in [1.54, 1.807) is 24.1 Å². The van der Waals surface area contributed by atoms with Gasteiger partial charge in [0.2, 0.25) is 5.91 Å². The first-order valence-corrected chi connectivity index (χ1v) is 7.72. The van der Waals surface area contributed by atoms with Gasteiger partial charge in [-0.25, -0.2) is 4.79 Å². The lowest BCUT2D eigenvalue weighted by molar-refractivity contribution is -0.117. The molecule has 2 aromatic carbocycles. The zero-order valence-corrected chi connectivity index (χ0v) is 14.0. The fourth-order valence-electron chi connectivity index (χ4n) is 2.22. The molecule has 0 radical (unpaired) electrons. The lowest BCUT2D eigenvalue weighted by atomic mass is 10.1. The fourth-order valence-corrected chi connectivity index (χ4v) is 2.22. The first-order valence-electron chi connectivity index (χ1n) is 7.72. The topological polar surface area (TPSA) is 66.8 Å². The number of amides is 1. The molecule has 2 rings (SSSR count). The van der Waals surface area contributed by atoms with E-state index in [-0.39, 0.29) is 24.0 Å². The fraction of sp³-hybridized carbons (Fsp3) is 0.263. The summed E-state index contributed by atoms with van der Waals surface area (Å²) < 4.78 is 5.58. The minimum atomic E-state index is -0.978. The van der Waals surface area contributed by atoms with Crippen molar-refractivity contribution in [1.82, 2.24) is 0 Å². The second-order valence-corrected chi connectivity index (χ2v) is 5.79. The third-order valence-corrected chi connectivity index (χ3v) is 3.53. The molecule has 0 fully saturated rings. The number of hydrogen-bond acceptors (Lipinski definition) is 3. The Morgan fingerprint density at radius 1 is 1.04 bits per heavy atom. The minimum Gasteiger partial charge on any atom is -0.491 e. The van der Waals surface area contributed by atoms with Gasteiger partial charge < -0.3 is 14.7 Å². The maximum Gasteiger partial charge on any atom is 0.335 e. The van der Waals surface area contributed by atoms with Gasteiger partial charge in [-0.2, -0.15) is 0 Å². The van der Waals surface area contributed by atoms with Crippen LogP contribution in [0.25, 0.3) is 0 Å². The van der Waals surface area contributed by atoms with E-state index in [4.69, 9.17) is 9.84 Å². The van der Waals surface area contributed by atoms with E-state index < -0.39 is 5.97 Å². The van der Waals surface area contributed by atoms with Gasteiger partial charge in [0.05, 0.1) is 18.1 Å². The lowest BCUT2D eigenvalue weighted by Gasteiger charge is -2.18. The lowest BCUT2D eigenvalue weighted by Crippen LogP contribution is -2.27. The standard InChI is InChI=1S/C19H21NO4/c1-13(2)24-17-10-8-16(9-11-17)20(3)18(21)12-14-4-6-15(7-5-14)19(22)23/h4-11,13H,12H2,1-3H3,(H,22,23). The molecule has 126 valence electrons. The van der Waals surface area contributed by atoms with Crippen molar-refractivity contribution >= 4 is 17.6 Å². The number of likely N-dealkylation sites (N-methyl/N-ethyl adjacent to an activating group) is 1. The first kappa shape index (κ1) is 17.5. The molecule has 0 bridgehead atoms. The third kappa shape index (κ3) is 4.59. The molecule has 0 spiro atoms. The maximum atomic E-state index is 12.4. The quantitative estimate of drug-likeness (QED) is 0.883. The summed E-state index contributed by atoms with van der Waals surface area (Å²) in [6.45, 7) is 3.92. The van der Waals surface area contributed by atoms with Crippen LogP contribution in [0.4, 0.5) is 5.69 Å². The molecule has 0 aliphatic heterocycles. The summed E-state index contributed by atoms with van der Waals surface area (Å²) in [5.41, 5.74) is 1.76. The molecule has 1 N–H and O–H groups in total. The van der Waals surface area contributed by atoms with Crippen LogP contribution in [0.1, 0.15) is 29.8 Å². The van der Waals surface area contributed by atoms with Gasteiger partial charge in [0.1, 0.15) is 5.75 Å². The Balaban J connectivity index is 2.02. The van der Waals surface area contributed by atoms with Crippen molar-refractivity contribution in [3.63, 3.8) is 0 Å². The average Bonchev–Trinajstić information content (AvgIpc) is 2.54. The number of carbonyl (C=O) groups is 2. The van der Waals surface area contributed by atoms with Gasteiger partial charge in [0, 0.05) is 12.7 Å². The molecule has 0 unspecified atom stereocenters. The Hall–Kier alpha value is -2.82. The van der Waals surface area contributed by atoms with Crippen molar-refractivity contribution in [2.75, 3.05) is 11.9 Å². The van der Waals surface area contributed by atoms with Crippen LogP contribution in [0.2, 0.25) is 0 Å². The summed E-state index contributed by atoms with van der Waals surface area (Å²) in [5, 5.41) is 8.89. The van der Waals surface area contributed by atoms with Gasteiger partial charge in [-0.05, 0) is 55.8 Å². The first-order chi connectivity index (χ1) is 11.4. The molecular weight excluding hydrogens is 306 g/mol. The molecule has 0 aliphatic carbocycles. The SMILES string of the molecule is CC(C)Oc1ccc(N(C)C(=O)Cc2ccc(C(=O)O)cc2)cc1. The average molecular weight is 327 g/mol. The van der Waals surface area contributed by atoms with Crippen molar-refractivity contribution < 1.29 is 19.4 Å². The van der Waals surface area contributed by atoms with Crippen LogP contribution < -0.4 is 9.64 Å². The van der Waals surface area contributed by atoms with Gasteiger partial charge in [0.25, 0.3) is 0 Å². The van der Waals surface area contributed by atoms with E-state index >= 15 is 0 Å². The maximum absolute atomic E-state index is 12.4. The van der Waals surface area contributed by atoms with E-state index in [0.29, 0.717) is 0 Å². The van der Waals surface area contributed by atoms with Crippen molar-refractivity contribution in [1.29, 1.82) is 0 Å². The van der Waals surface area contributed by atoms with E-state index in [1.807, 2.05) is 38.1 Å². The van der Waals surface area contributed by atoms with Crippen molar-refractivity contribution in [2.45, 2.75) is 26.4 Å². The highest BCUT2D eigenvalue weighted by atomic mass is 16.5. The number of benzene rings is 2. The van der Waals surface area contributed by atoms with E-state index in [1.165, 1.54) is 12.1 Å². The van der Waals surface area contributed by atoms with Crippen molar-refractivity contribution in [3.8, 4) is 5.75 Å². The van der Waals surface area contributed by atoms with Crippen LogP contribution in [0.15, 0.2) is 48.5 Å². The Kier molecular flexibility index (Phi) is 5.58. The number of carboxylic acids is 1. The number of ether oxygens (including phenoxy) is 1. The van der Waals surface area contributed by atoms with E-state index in [0.717, 1.165) is 17.0 Å². The van der Waals surface area contributed by atoms with Gasteiger partial charge in [-0.1, -0.05) is 12.1 Å². The molecule has 0 atom stereocenters.